The Morgan fingerprint density at radius 2 is 2.04 bits per heavy atom. The fourth-order valence-corrected chi connectivity index (χ4v) is 2.59. The molecule has 1 aromatic heterocycles. The first-order chi connectivity index (χ1) is 12.3. The van der Waals surface area contributed by atoms with Crippen molar-refractivity contribution >= 4 is 22.7 Å². The molecule has 1 N–H and O–H groups in total. The lowest BCUT2D eigenvalue weighted by Crippen LogP contribution is -2.36. The Kier molecular flexibility index (Phi) is 6.21. The molecule has 9 nitrogen and oxygen atoms in total. The summed E-state index contributed by atoms with van der Waals surface area (Å²) in [6, 6.07) is 1.76. The van der Waals surface area contributed by atoms with Crippen LogP contribution in [0, 0.1) is 15.9 Å². The van der Waals surface area contributed by atoms with Crippen molar-refractivity contribution in [2.45, 2.75) is 39.2 Å². The van der Waals surface area contributed by atoms with Gasteiger partial charge >= 0.3 is 22.8 Å². The Morgan fingerprint density at radius 1 is 1.31 bits per heavy atom. The molecule has 0 radical (unpaired) electrons. The van der Waals surface area contributed by atoms with Crippen molar-refractivity contribution in [1.82, 2.24) is 9.55 Å². The predicted molar refractivity (Wildman–Crippen MR) is 90.5 cm³/mol. The van der Waals surface area contributed by atoms with Gasteiger partial charge in [-0.1, -0.05) is 6.42 Å². The van der Waals surface area contributed by atoms with E-state index in [9.17, 15) is 28.9 Å². The summed E-state index contributed by atoms with van der Waals surface area (Å²) in [4.78, 5) is 47.2. The number of aromatic amines is 1. The van der Waals surface area contributed by atoms with Gasteiger partial charge in [0.1, 0.15) is 0 Å². The second kappa shape index (κ2) is 8.37. The van der Waals surface area contributed by atoms with E-state index in [1.807, 2.05) is 0 Å². The zero-order valence-electron chi connectivity index (χ0n) is 14.1. The molecule has 0 bridgehead atoms. The van der Waals surface area contributed by atoms with Crippen LogP contribution in [0.25, 0.3) is 11.0 Å². The molecule has 0 saturated heterocycles. The standard InChI is InChI=1S/C16H18FN3O6/c1-2-26-14(21)6-4-3-5-7-19-13-8-10(17)12(20(24)25)9-11(13)18-15(22)16(19)23/h8-9H,2-7H2,1H3,(H,18,22). The van der Waals surface area contributed by atoms with Crippen LogP contribution in [0.4, 0.5) is 10.1 Å². The molecule has 2 rings (SSSR count). The smallest absolute Gasteiger partial charge is 0.316 e. The summed E-state index contributed by atoms with van der Waals surface area (Å²) in [5, 5.41) is 10.8. The van der Waals surface area contributed by atoms with E-state index in [2.05, 4.69) is 4.98 Å². The van der Waals surface area contributed by atoms with Crippen LogP contribution in [0.15, 0.2) is 21.7 Å². The maximum atomic E-state index is 13.9. The quantitative estimate of drug-likeness (QED) is 0.250. The summed E-state index contributed by atoms with van der Waals surface area (Å²) in [6.07, 6.45) is 1.86. The number of halogens is 1. The fraction of sp³-hybridized carbons (Fsp3) is 0.438. The summed E-state index contributed by atoms with van der Waals surface area (Å²) in [5.41, 5.74) is -2.51. The highest BCUT2D eigenvalue weighted by Gasteiger charge is 2.18. The van der Waals surface area contributed by atoms with E-state index in [0.29, 0.717) is 25.9 Å². The van der Waals surface area contributed by atoms with Crippen LogP contribution in [0.2, 0.25) is 0 Å². The van der Waals surface area contributed by atoms with Crippen LogP contribution >= 0.6 is 0 Å². The van der Waals surface area contributed by atoms with E-state index in [-0.39, 0.29) is 30.0 Å². The molecule has 26 heavy (non-hydrogen) atoms. The van der Waals surface area contributed by atoms with Crippen LogP contribution in [-0.4, -0.2) is 27.1 Å². The molecule has 0 aliphatic carbocycles. The molecule has 0 amide bonds. The Hall–Kier alpha value is -3.04. The Morgan fingerprint density at radius 3 is 2.69 bits per heavy atom. The van der Waals surface area contributed by atoms with Gasteiger partial charge in [-0.2, -0.15) is 4.39 Å². The summed E-state index contributed by atoms with van der Waals surface area (Å²) in [5.74, 6) is -1.40. The molecule has 2 aromatic rings. The summed E-state index contributed by atoms with van der Waals surface area (Å²) >= 11 is 0. The monoisotopic (exact) mass is 367 g/mol. The first-order valence-electron chi connectivity index (χ1n) is 8.11. The third kappa shape index (κ3) is 4.32. The van der Waals surface area contributed by atoms with Gasteiger partial charge in [-0.15, -0.1) is 0 Å². The normalized spacial score (nSPS) is 10.8. The summed E-state index contributed by atoms with van der Waals surface area (Å²) < 4.78 is 19.8. The number of hydrogen-bond donors (Lipinski definition) is 1. The van der Waals surface area contributed by atoms with Crippen LogP contribution in [-0.2, 0) is 16.1 Å². The largest absolute Gasteiger partial charge is 0.466 e. The number of rotatable bonds is 8. The number of ether oxygens (including phenoxy) is 1. The Balaban J connectivity index is 2.21. The highest BCUT2D eigenvalue weighted by atomic mass is 19.1. The summed E-state index contributed by atoms with van der Waals surface area (Å²) in [7, 11) is 0. The van der Waals surface area contributed by atoms with E-state index in [1.54, 1.807) is 6.92 Å². The van der Waals surface area contributed by atoms with Crippen molar-refractivity contribution in [3.63, 3.8) is 0 Å². The first kappa shape index (κ1) is 19.3. The molecule has 0 saturated carbocycles. The molecule has 10 heteroatoms. The van der Waals surface area contributed by atoms with Gasteiger partial charge in [-0.05, 0) is 19.8 Å². The fourth-order valence-electron chi connectivity index (χ4n) is 2.59. The third-order valence-corrected chi connectivity index (χ3v) is 3.81. The number of nitrogens with one attached hydrogen (secondary N) is 1. The van der Waals surface area contributed by atoms with Gasteiger partial charge in [0, 0.05) is 25.1 Å². The molecule has 0 spiro atoms. The lowest BCUT2D eigenvalue weighted by atomic mass is 10.2. The number of carbonyl (C=O) groups excluding carboxylic acids is 1. The SMILES string of the molecule is CCOC(=O)CCCCCn1c(=O)c(=O)[nH]c2cc([N+](=O)[O-])c(F)cc21. The number of fused-ring (bicyclic) bond motifs is 1. The minimum Gasteiger partial charge on any atom is -0.466 e. The van der Waals surface area contributed by atoms with Gasteiger partial charge in [0.25, 0.3) is 0 Å². The molecule has 1 heterocycles. The molecular weight excluding hydrogens is 349 g/mol. The van der Waals surface area contributed by atoms with Crippen molar-refractivity contribution in [1.29, 1.82) is 0 Å². The zero-order valence-corrected chi connectivity index (χ0v) is 14.1. The van der Waals surface area contributed by atoms with Gasteiger partial charge in [0.05, 0.1) is 22.6 Å². The van der Waals surface area contributed by atoms with E-state index < -0.39 is 27.5 Å². The minimum atomic E-state index is -1.09. The van der Waals surface area contributed by atoms with Gasteiger partial charge in [-0.25, -0.2) is 0 Å². The summed E-state index contributed by atoms with van der Waals surface area (Å²) in [6.45, 7) is 2.15. The molecule has 0 aliphatic heterocycles. The Labute approximate surface area is 146 Å². The van der Waals surface area contributed by atoms with Crippen molar-refractivity contribution in [3.05, 3.63) is 48.8 Å². The number of H-pyrrole nitrogens is 1. The van der Waals surface area contributed by atoms with E-state index in [1.165, 1.54) is 0 Å². The molecule has 0 unspecified atom stereocenters. The van der Waals surface area contributed by atoms with Gasteiger partial charge < -0.3 is 14.3 Å². The highest BCUT2D eigenvalue weighted by Crippen LogP contribution is 2.22. The maximum absolute atomic E-state index is 13.9. The Bertz CT molecular complexity index is 949. The minimum absolute atomic E-state index is 0.00854. The van der Waals surface area contributed by atoms with Crippen LogP contribution in [0.3, 0.4) is 0 Å². The highest BCUT2D eigenvalue weighted by molar-refractivity contribution is 5.77. The number of aryl methyl sites for hydroxylation is 1. The second-order valence-electron chi connectivity index (χ2n) is 5.60. The number of nitro groups is 1. The zero-order chi connectivity index (χ0) is 19.3. The molecule has 0 fully saturated rings. The number of unbranched alkanes of at least 4 members (excludes halogenated alkanes) is 2. The average Bonchev–Trinajstić information content (AvgIpc) is 2.58. The van der Waals surface area contributed by atoms with E-state index in [0.717, 1.165) is 16.7 Å². The van der Waals surface area contributed by atoms with E-state index in [4.69, 9.17) is 4.74 Å². The lowest BCUT2D eigenvalue weighted by Gasteiger charge is -2.10. The van der Waals surface area contributed by atoms with Crippen LogP contribution < -0.4 is 11.1 Å². The number of nitrogens with zero attached hydrogens (tertiary/aromatic N) is 2. The number of aromatic nitrogens is 2. The number of nitro benzene ring substituents is 1. The van der Waals surface area contributed by atoms with Gasteiger partial charge in [0.2, 0.25) is 5.82 Å². The van der Waals surface area contributed by atoms with Crippen LogP contribution in [0.1, 0.15) is 32.6 Å². The van der Waals surface area contributed by atoms with Crippen LogP contribution in [0.5, 0.6) is 0 Å². The van der Waals surface area contributed by atoms with Gasteiger partial charge in [0.15, 0.2) is 0 Å². The number of carbonyl (C=O) groups is 1. The topological polar surface area (TPSA) is 124 Å². The maximum Gasteiger partial charge on any atom is 0.316 e. The van der Waals surface area contributed by atoms with Crippen molar-refractivity contribution in [2.75, 3.05) is 6.61 Å². The molecule has 0 aliphatic rings. The number of hydrogen-bond acceptors (Lipinski definition) is 6. The van der Waals surface area contributed by atoms with E-state index >= 15 is 0 Å². The molecule has 1 aromatic carbocycles. The number of esters is 1. The van der Waals surface area contributed by atoms with Crippen molar-refractivity contribution in [2.24, 2.45) is 0 Å². The third-order valence-electron chi connectivity index (χ3n) is 3.81. The second-order valence-corrected chi connectivity index (χ2v) is 5.60. The molecule has 140 valence electrons. The molecule has 0 atom stereocenters. The average molecular weight is 367 g/mol. The van der Waals surface area contributed by atoms with Crippen molar-refractivity contribution in [3.8, 4) is 0 Å². The first-order valence-corrected chi connectivity index (χ1v) is 8.11. The predicted octanol–water partition coefficient (Wildman–Crippen LogP) is 1.86. The van der Waals surface area contributed by atoms with Crippen molar-refractivity contribution < 1.29 is 18.8 Å². The number of benzene rings is 1. The molecular formula is C16H18FN3O6. The lowest BCUT2D eigenvalue weighted by molar-refractivity contribution is -0.387. The van der Waals surface area contributed by atoms with Gasteiger partial charge in [-0.3, -0.25) is 24.5 Å².